The van der Waals surface area contributed by atoms with E-state index in [9.17, 15) is 9.59 Å². The average Bonchev–Trinajstić information content (AvgIpc) is 2.68. The van der Waals surface area contributed by atoms with Crippen molar-refractivity contribution in [1.29, 1.82) is 0 Å². The van der Waals surface area contributed by atoms with Crippen molar-refractivity contribution in [2.24, 2.45) is 5.41 Å². The number of rotatable bonds is 4. The maximum atomic E-state index is 13.5. The van der Waals surface area contributed by atoms with Crippen molar-refractivity contribution < 1.29 is 4.79 Å². The van der Waals surface area contributed by atoms with Crippen LogP contribution in [-0.2, 0) is 4.79 Å². The van der Waals surface area contributed by atoms with Crippen molar-refractivity contribution in [3.05, 3.63) is 69.2 Å². The van der Waals surface area contributed by atoms with Gasteiger partial charge in [-0.05, 0) is 42.8 Å². The first-order valence-electron chi connectivity index (χ1n) is 9.70. The van der Waals surface area contributed by atoms with E-state index in [0.29, 0.717) is 23.1 Å². The summed E-state index contributed by atoms with van der Waals surface area (Å²) in [4.78, 5) is 33.0. The normalized spacial score (nSPS) is 12.8. The Morgan fingerprint density at radius 1 is 1.14 bits per heavy atom. The van der Waals surface area contributed by atoms with Crippen LogP contribution in [0, 0.1) is 5.41 Å². The van der Waals surface area contributed by atoms with Crippen LogP contribution in [-0.4, -0.2) is 27.4 Å². The number of nitrogens with zero attached hydrogens (tertiary/aromatic N) is 3. The number of para-hydroxylation sites is 1. The molecule has 0 spiro atoms. The van der Waals surface area contributed by atoms with Gasteiger partial charge in [-0.1, -0.05) is 55.8 Å². The summed E-state index contributed by atoms with van der Waals surface area (Å²) in [7, 11) is 1.79. The fourth-order valence-corrected chi connectivity index (χ4v) is 3.78. The lowest BCUT2D eigenvalue weighted by Gasteiger charge is -2.33. The molecule has 1 amide bonds. The first-order chi connectivity index (χ1) is 13.6. The number of hydrogen-bond acceptors (Lipinski definition) is 3. The minimum absolute atomic E-state index is 0.00844. The molecule has 1 atom stereocenters. The molecule has 0 saturated heterocycles. The largest absolute Gasteiger partial charge is 0.335 e. The maximum absolute atomic E-state index is 13.5. The molecule has 6 heteroatoms. The Labute approximate surface area is 179 Å². The number of carbonyl (C=O) groups is 1. The molecule has 0 N–H and O–H groups in total. The van der Waals surface area contributed by atoms with Crippen LogP contribution in [0.15, 0.2) is 57.8 Å². The zero-order valence-corrected chi connectivity index (χ0v) is 19.0. The second kappa shape index (κ2) is 8.11. The van der Waals surface area contributed by atoms with Gasteiger partial charge in [0.25, 0.3) is 5.56 Å². The number of carbonyl (C=O) groups excluding carboxylic acids is 1. The molecule has 5 nitrogen and oxygen atoms in total. The van der Waals surface area contributed by atoms with Crippen LogP contribution in [0.2, 0.25) is 0 Å². The number of fused-ring (bicyclic) bond motifs is 1. The van der Waals surface area contributed by atoms with Gasteiger partial charge in [-0.2, -0.15) is 0 Å². The first kappa shape index (κ1) is 21.2. The van der Waals surface area contributed by atoms with Crippen molar-refractivity contribution in [3.63, 3.8) is 0 Å². The summed E-state index contributed by atoms with van der Waals surface area (Å²) >= 11 is 3.45. The highest BCUT2D eigenvalue weighted by Gasteiger charge is 2.32. The van der Waals surface area contributed by atoms with E-state index in [-0.39, 0.29) is 17.5 Å². The van der Waals surface area contributed by atoms with Gasteiger partial charge < -0.3 is 4.90 Å². The summed E-state index contributed by atoms with van der Waals surface area (Å²) in [6.07, 6.45) is 0.639. The molecule has 1 heterocycles. The Morgan fingerprint density at radius 2 is 1.76 bits per heavy atom. The average molecular weight is 456 g/mol. The molecular formula is C23H26BrN3O2. The summed E-state index contributed by atoms with van der Waals surface area (Å²) in [5, 5.41) is 0.554. The fraction of sp³-hybridized carbons (Fsp3) is 0.348. The van der Waals surface area contributed by atoms with Gasteiger partial charge in [0.2, 0.25) is 5.91 Å². The highest BCUT2D eigenvalue weighted by Crippen LogP contribution is 2.29. The second-order valence-electron chi connectivity index (χ2n) is 8.19. The van der Waals surface area contributed by atoms with Crippen molar-refractivity contribution in [2.45, 2.75) is 40.2 Å². The Hall–Kier alpha value is -2.47. The predicted octanol–water partition coefficient (Wildman–Crippen LogP) is 5.10. The number of amides is 1. The van der Waals surface area contributed by atoms with Crippen molar-refractivity contribution in [2.75, 3.05) is 7.05 Å². The third-order valence-electron chi connectivity index (χ3n) is 5.00. The second-order valence-corrected chi connectivity index (χ2v) is 9.11. The van der Waals surface area contributed by atoms with E-state index in [0.717, 1.165) is 10.2 Å². The van der Waals surface area contributed by atoms with E-state index in [4.69, 9.17) is 4.98 Å². The summed E-state index contributed by atoms with van der Waals surface area (Å²) < 4.78 is 2.56. The SMILES string of the molecule is CCC(c1nc2ccccc2c(=O)n1-c1ccc(Br)cc1)N(C)C(=O)C(C)(C)C. The van der Waals surface area contributed by atoms with Gasteiger partial charge in [-0.3, -0.25) is 14.2 Å². The molecule has 3 aromatic rings. The van der Waals surface area contributed by atoms with Gasteiger partial charge in [0.05, 0.1) is 22.6 Å². The molecule has 0 bridgehead atoms. The first-order valence-corrected chi connectivity index (χ1v) is 10.5. The quantitative estimate of drug-likeness (QED) is 0.549. The molecule has 29 heavy (non-hydrogen) atoms. The van der Waals surface area contributed by atoms with Gasteiger partial charge in [0, 0.05) is 16.9 Å². The zero-order chi connectivity index (χ0) is 21.3. The van der Waals surface area contributed by atoms with Gasteiger partial charge in [-0.25, -0.2) is 4.98 Å². The summed E-state index contributed by atoms with van der Waals surface area (Å²) in [6, 6.07) is 14.5. The van der Waals surface area contributed by atoms with Crippen LogP contribution in [0.4, 0.5) is 0 Å². The van der Waals surface area contributed by atoms with E-state index in [1.807, 2.05) is 70.2 Å². The highest BCUT2D eigenvalue weighted by molar-refractivity contribution is 9.10. The lowest BCUT2D eigenvalue weighted by Crippen LogP contribution is -2.41. The van der Waals surface area contributed by atoms with Gasteiger partial charge >= 0.3 is 0 Å². The van der Waals surface area contributed by atoms with Gasteiger partial charge in [0.15, 0.2) is 0 Å². The highest BCUT2D eigenvalue weighted by atomic mass is 79.9. The molecule has 0 aliphatic heterocycles. The van der Waals surface area contributed by atoms with E-state index in [1.165, 1.54) is 0 Å². The van der Waals surface area contributed by atoms with Gasteiger partial charge in [0.1, 0.15) is 5.82 Å². The van der Waals surface area contributed by atoms with E-state index in [1.54, 1.807) is 22.6 Å². The van der Waals surface area contributed by atoms with Crippen LogP contribution in [0.1, 0.15) is 46.0 Å². The van der Waals surface area contributed by atoms with Crippen molar-refractivity contribution in [3.8, 4) is 5.69 Å². The van der Waals surface area contributed by atoms with Crippen LogP contribution < -0.4 is 5.56 Å². The van der Waals surface area contributed by atoms with Crippen molar-refractivity contribution in [1.82, 2.24) is 14.5 Å². The van der Waals surface area contributed by atoms with Crippen LogP contribution >= 0.6 is 15.9 Å². The molecule has 0 aliphatic rings. The number of halogens is 1. The monoisotopic (exact) mass is 455 g/mol. The topological polar surface area (TPSA) is 55.2 Å². The standard InChI is InChI=1S/C23H26BrN3O2/c1-6-19(26(5)22(29)23(2,3)4)20-25-18-10-8-7-9-17(18)21(28)27(20)16-13-11-15(24)12-14-16/h7-14,19H,6H2,1-5H3. The van der Waals surface area contributed by atoms with Crippen molar-refractivity contribution >= 4 is 32.7 Å². The molecule has 2 aromatic carbocycles. The Morgan fingerprint density at radius 3 is 2.34 bits per heavy atom. The third kappa shape index (κ3) is 4.13. The molecule has 0 radical (unpaired) electrons. The minimum Gasteiger partial charge on any atom is -0.335 e. The molecule has 152 valence electrons. The van der Waals surface area contributed by atoms with Gasteiger partial charge in [-0.15, -0.1) is 0 Å². The van der Waals surface area contributed by atoms with Crippen LogP contribution in [0.3, 0.4) is 0 Å². The number of aromatic nitrogens is 2. The predicted molar refractivity (Wildman–Crippen MR) is 120 cm³/mol. The fourth-order valence-electron chi connectivity index (χ4n) is 3.51. The summed E-state index contributed by atoms with van der Waals surface area (Å²) in [6.45, 7) is 7.70. The van der Waals surface area contributed by atoms with Crippen LogP contribution in [0.25, 0.3) is 16.6 Å². The Kier molecular flexibility index (Phi) is 5.94. The molecule has 1 unspecified atom stereocenters. The third-order valence-corrected chi connectivity index (χ3v) is 5.53. The minimum atomic E-state index is -0.526. The van der Waals surface area contributed by atoms with Crippen LogP contribution in [0.5, 0.6) is 0 Å². The smallest absolute Gasteiger partial charge is 0.266 e. The lowest BCUT2D eigenvalue weighted by atomic mass is 9.93. The molecule has 0 fully saturated rings. The summed E-state index contributed by atoms with van der Waals surface area (Å²) in [5.74, 6) is 0.577. The summed E-state index contributed by atoms with van der Waals surface area (Å²) in [5.41, 5.74) is 0.697. The molecule has 0 aliphatic carbocycles. The Bertz CT molecular complexity index is 1100. The lowest BCUT2D eigenvalue weighted by molar-refractivity contribution is -0.140. The molecule has 3 rings (SSSR count). The number of hydrogen-bond donors (Lipinski definition) is 0. The van der Waals surface area contributed by atoms with E-state index in [2.05, 4.69) is 15.9 Å². The number of benzene rings is 2. The molecule has 0 saturated carbocycles. The van der Waals surface area contributed by atoms with E-state index < -0.39 is 5.41 Å². The zero-order valence-electron chi connectivity index (χ0n) is 17.4. The molecular weight excluding hydrogens is 430 g/mol. The maximum Gasteiger partial charge on any atom is 0.266 e. The molecule has 1 aromatic heterocycles. The Balaban J connectivity index is 2.29. The van der Waals surface area contributed by atoms with E-state index >= 15 is 0 Å².